The van der Waals surface area contributed by atoms with E-state index in [2.05, 4.69) is 5.32 Å². The molecule has 3 N–H and O–H groups in total. The Morgan fingerprint density at radius 2 is 1.86 bits per heavy atom. The third-order valence-corrected chi connectivity index (χ3v) is 4.08. The second-order valence-electron chi connectivity index (χ2n) is 4.45. The first-order valence-electron chi connectivity index (χ1n) is 5.98. The van der Waals surface area contributed by atoms with Crippen molar-refractivity contribution in [2.24, 2.45) is 5.14 Å². The van der Waals surface area contributed by atoms with Gasteiger partial charge in [-0.2, -0.15) is 0 Å². The predicted molar refractivity (Wildman–Crippen MR) is 82.0 cm³/mol. The van der Waals surface area contributed by atoms with Crippen LogP contribution in [0, 0.1) is 6.92 Å². The van der Waals surface area contributed by atoms with E-state index >= 15 is 0 Å². The molecule has 0 fully saturated rings. The van der Waals surface area contributed by atoms with Crippen molar-refractivity contribution < 1.29 is 13.2 Å². The summed E-state index contributed by atoms with van der Waals surface area (Å²) in [6.07, 6.45) is 0. The fourth-order valence-corrected chi connectivity index (χ4v) is 2.81. The average molecular weight is 325 g/mol. The summed E-state index contributed by atoms with van der Waals surface area (Å²) >= 11 is 5.84. The lowest BCUT2D eigenvalue weighted by molar-refractivity contribution is 0.102. The van der Waals surface area contributed by atoms with Crippen LogP contribution < -0.4 is 10.5 Å². The number of benzene rings is 2. The summed E-state index contributed by atoms with van der Waals surface area (Å²) in [6.45, 7) is 1.74. The van der Waals surface area contributed by atoms with E-state index < -0.39 is 15.9 Å². The van der Waals surface area contributed by atoms with E-state index in [0.717, 1.165) is 0 Å². The number of hydrogen-bond acceptors (Lipinski definition) is 3. The molecule has 0 radical (unpaired) electrons. The van der Waals surface area contributed by atoms with Crippen LogP contribution in [-0.2, 0) is 10.0 Å². The lowest BCUT2D eigenvalue weighted by Gasteiger charge is -2.11. The number of nitrogens with one attached hydrogen (secondary N) is 1. The van der Waals surface area contributed by atoms with Gasteiger partial charge in [0.25, 0.3) is 5.91 Å². The van der Waals surface area contributed by atoms with Crippen LogP contribution in [0.15, 0.2) is 47.4 Å². The molecule has 0 spiro atoms. The van der Waals surface area contributed by atoms with Crippen molar-refractivity contribution in [2.45, 2.75) is 11.8 Å². The molecule has 0 aromatic heterocycles. The minimum absolute atomic E-state index is 0.134. The van der Waals surface area contributed by atoms with Crippen LogP contribution in [0.25, 0.3) is 0 Å². The van der Waals surface area contributed by atoms with E-state index in [0.29, 0.717) is 16.1 Å². The second-order valence-corrected chi connectivity index (χ2v) is 6.42. The highest BCUT2D eigenvalue weighted by Crippen LogP contribution is 2.21. The molecule has 0 aliphatic rings. The molecule has 0 aliphatic heterocycles. The fourth-order valence-electron chi connectivity index (χ4n) is 1.89. The topological polar surface area (TPSA) is 89.3 Å². The van der Waals surface area contributed by atoms with Crippen molar-refractivity contribution in [1.29, 1.82) is 0 Å². The number of halogens is 1. The molecule has 7 heteroatoms. The number of hydrogen-bond donors (Lipinski definition) is 2. The van der Waals surface area contributed by atoms with Crippen molar-refractivity contribution in [3.05, 3.63) is 58.6 Å². The number of para-hydroxylation sites is 1. The third-order valence-electron chi connectivity index (χ3n) is 2.87. The Bertz CT molecular complexity index is 804. The van der Waals surface area contributed by atoms with Gasteiger partial charge >= 0.3 is 0 Å². The molecule has 2 rings (SSSR count). The van der Waals surface area contributed by atoms with Gasteiger partial charge in [0.2, 0.25) is 10.0 Å². The highest BCUT2D eigenvalue weighted by atomic mass is 35.5. The number of nitrogens with two attached hydrogens (primary N) is 1. The van der Waals surface area contributed by atoms with Gasteiger partial charge in [-0.05, 0) is 42.8 Å². The van der Waals surface area contributed by atoms with Crippen LogP contribution in [-0.4, -0.2) is 14.3 Å². The molecule has 0 atom stereocenters. The van der Waals surface area contributed by atoms with Gasteiger partial charge in [0.1, 0.15) is 4.90 Å². The lowest BCUT2D eigenvalue weighted by Crippen LogP contribution is -2.18. The fraction of sp³-hybridized carbons (Fsp3) is 0.0714. The van der Waals surface area contributed by atoms with Gasteiger partial charge in [0, 0.05) is 10.6 Å². The summed E-state index contributed by atoms with van der Waals surface area (Å²) in [7, 11) is -3.91. The Morgan fingerprint density at radius 3 is 2.48 bits per heavy atom. The number of carbonyl (C=O) groups excluding carboxylic acids is 1. The van der Waals surface area contributed by atoms with Crippen LogP contribution in [0.4, 0.5) is 5.69 Å². The Labute approximate surface area is 127 Å². The number of anilines is 1. The lowest BCUT2D eigenvalue weighted by atomic mass is 10.1. The van der Waals surface area contributed by atoms with Crippen molar-refractivity contribution >= 4 is 33.2 Å². The highest BCUT2D eigenvalue weighted by Gasteiger charge is 2.16. The first-order valence-corrected chi connectivity index (χ1v) is 7.91. The largest absolute Gasteiger partial charge is 0.321 e. The quantitative estimate of drug-likeness (QED) is 0.909. The molecule has 2 aromatic carbocycles. The second kappa shape index (κ2) is 5.85. The van der Waals surface area contributed by atoms with Gasteiger partial charge in [-0.25, -0.2) is 13.6 Å². The zero-order valence-corrected chi connectivity index (χ0v) is 12.7. The van der Waals surface area contributed by atoms with Gasteiger partial charge in [-0.3, -0.25) is 4.79 Å². The van der Waals surface area contributed by atoms with Crippen molar-refractivity contribution in [2.75, 3.05) is 5.32 Å². The van der Waals surface area contributed by atoms with Gasteiger partial charge in [0.15, 0.2) is 0 Å². The summed E-state index contributed by atoms with van der Waals surface area (Å²) in [6, 6.07) is 10.8. The monoisotopic (exact) mass is 324 g/mol. The van der Waals surface area contributed by atoms with E-state index in [1.807, 2.05) is 0 Å². The number of carbonyl (C=O) groups is 1. The smallest absolute Gasteiger partial charge is 0.255 e. The number of primary sulfonamides is 1. The first kappa shape index (κ1) is 15.5. The Morgan fingerprint density at radius 1 is 1.19 bits per heavy atom. The summed E-state index contributed by atoms with van der Waals surface area (Å²) < 4.78 is 23.0. The molecule has 0 aliphatic carbocycles. The molecule has 0 saturated carbocycles. The van der Waals surface area contributed by atoms with E-state index in [1.54, 1.807) is 31.2 Å². The molecular formula is C14H13ClN2O3S. The number of rotatable bonds is 3. The molecule has 0 heterocycles. The van der Waals surface area contributed by atoms with Gasteiger partial charge in [-0.15, -0.1) is 0 Å². The molecule has 0 bridgehead atoms. The molecule has 1 amide bonds. The maximum atomic E-state index is 12.2. The van der Waals surface area contributed by atoms with E-state index in [9.17, 15) is 13.2 Å². The van der Waals surface area contributed by atoms with E-state index in [-0.39, 0.29) is 10.6 Å². The number of aryl methyl sites for hydroxylation is 1. The summed E-state index contributed by atoms with van der Waals surface area (Å²) in [4.78, 5) is 12.1. The van der Waals surface area contributed by atoms with Crippen molar-refractivity contribution in [3.8, 4) is 0 Å². The molecule has 110 valence electrons. The highest BCUT2D eigenvalue weighted by molar-refractivity contribution is 7.89. The molecule has 0 unspecified atom stereocenters. The van der Waals surface area contributed by atoms with Crippen LogP contribution >= 0.6 is 11.6 Å². The standard InChI is InChI=1S/C14H13ClN2O3S/c1-9-8-10(15)6-7-11(9)14(18)17-12-4-2-3-5-13(12)21(16,19)20/h2-8H,1H3,(H,17,18)(H2,16,19,20). The normalized spacial score (nSPS) is 11.2. The molecule has 2 aromatic rings. The minimum Gasteiger partial charge on any atom is -0.321 e. The van der Waals surface area contributed by atoms with E-state index in [4.69, 9.17) is 16.7 Å². The zero-order valence-electron chi connectivity index (χ0n) is 11.1. The molecule has 5 nitrogen and oxygen atoms in total. The number of amides is 1. The van der Waals surface area contributed by atoms with Crippen LogP contribution in [0.2, 0.25) is 5.02 Å². The van der Waals surface area contributed by atoms with Gasteiger partial charge in [0.05, 0.1) is 5.69 Å². The zero-order chi connectivity index (χ0) is 15.6. The van der Waals surface area contributed by atoms with E-state index in [1.165, 1.54) is 18.2 Å². The third kappa shape index (κ3) is 3.60. The van der Waals surface area contributed by atoms with Crippen molar-refractivity contribution in [1.82, 2.24) is 0 Å². The molecule has 21 heavy (non-hydrogen) atoms. The Kier molecular flexibility index (Phi) is 4.32. The van der Waals surface area contributed by atoms with Crippen LogP contribution in [0.5, 0.6) is 0 Å². The van der Waals surface area contributed by atoms with Crippen LogP contribution in [0.1, 0.15) is 15.9 Å². The summed E-state index contributed by atoms with van der Waals surface area (Å²) in [5.74, 6) is -0.430. The Hall–Kier alpha value is -1.89. The molecular weight excluding hydrogens is 312 g/mol. The summed E-state index contributed by atoms with van der Waals surface area (Å²) in [5, 5.41) is 8.20. The summed E-state index contributed by atoms with van der Waals surface area (Å²) in [5.41, 5.74) is 1.23. The number of sulfonamides is 1. The predicted octanol–water partition coefficient (Wildman–Crippen LogP) is 2.55. The SMILES string of the molecule is Cc1cc(Cl)ccc1C(=O)Nc1ccccc1S(N)(=O)=O. The first-order chi connectivity index (χ1) is 9.79. The maximum absolute atomic E-state index is 12.2. The Balaban J connectivity index is 2.37. The van der Waals surface area contributed by atoms with Gasteiger partial charge < -0.3 is 5.32 Å². The van der Waals surface area contributed by atoms with Gasteiger partial charge in [-0.1, -0.05) is 23.7 Å². The average Bonchev–Trinajstić information content (AvgIpc) is 2.37. The maximum Gasteiger partial charge on any atom is 0.255 e. The minimum atomic E-state index is -3.91. The molecule has 0 saturated heterocycles. The van der Waals surface area contributed by atoms with Crippen LogP contribution in [0.3, 0.4) is 0 Å². The van der Waals surface area contributed by atoms with Crippen molar-refractivity contribution in [3.63, 3.8) is 0 Å².